The summed E-state index contributed by atoms with van der Waals surface area (Å²) in [6.07, 6.45) is 8.50. The van der Waals surface area contributed by atoms with Crippen LogP contribution in [0.2, 0.25) is 0 Å². The standard InChI is InChI=1S/C12H20O2/c13-12-7-8-14-9-11(12)10-5-3-1-2-4-6-10/h10-11H,1-9H2. The van der Waals surface area contributed by atoms with E-state index in [1.54, 1.807) is 0 Å². The van der Waals surface area contributed by atoms with Crippen molar-refractivity contribution in [2.45, 2.75) is 44.9 Å². The molecule has 0 aromatic carbocycles. The zero-order valence-corrected chi connectivity index (χ0v) is 8.84. The predicted octanol–water partition coefficient (Wildman–Crippen LogP) is 2.56. The third-order valence-corrected chi connectivity index (χ3v) is 3.67. The van der Waals surface area contributed by atoms with Crippen molar-refractivity contribution in [3.63, 3.8) is 0 Å². The van der Waals surface area contributed by atoms with Crippen molar-refractivity contribution in [1.82, 2.24) is 0 Å². The van der Waals surface area contributed by atoms with Gasteiger partial charge in [-0.25, -0.2) is 0 Å². The number of Topliss-reactive ketones (excluding diaryl/α,β-unsaturated/α-hetero) is 1. The van der Waals surface area contributed by atoms with Crippen molar-refractivity contribution in [3.8, 4) is 0 Å². The van der Waals surface area contributed by atoms with Gasteiger partial charge in [0.2, 0.25) is 0 Å². The molecule has 1 heterocycles. The molecule has 2 aliphatic rings. The lowest BCUT2D eigenvalue weighted by atomic mass is 9.82. The van der Waals surface area contributed by atoms with Crippen molar-refractivity contribution in [2.75, 3.05) is 13.2 Å². The summed E-state index contributed by atoms with van der Waals surface area (Å²) in [5.41, 5.74) is 0. The van der Waals surface area contributed by atoms with E-state index in [-0.39, 0.29) is 5.92 Å². The third-order valence-electron chi connectivity index (χ3n) is 3.67. The van der Waals surface area contributed by atoms with Gasteiger partial charge in [-0.2, -0.15) is 0 Å². The molecule has 0 aromatic rings. The summed E-state index contributed by atoms with van der Waals surface area (Å²) in [5.74, 6) is 1.33. The van der Waals surface area contributed by atoms with Crippen LogP contribution in [0.15, 0.2) is 0 Å². The number of carbonyl (C=O) groups excluding carboxylic acids is 1. The molecule has 2 nitrogen and oxygen atoms in total. The Hall–Kier alpha value is -0.370. The predicted molar refractivity (Wildman–Crippen MR) is 55.1 cm³/mol. The first-order chi connectivity index (χ1) is 6.88. The number of carbonyl (C=O) groups is 1. The number of hydrogen-bond acceptors (Lipinski definition) is 2. The molecule has 1 aliphatic heterocycles. The summed E-state index contributed by atoms with van der Waals surface area (Å²) in [4.78, 5) is 11.7. The van der Waals surface area contributed by atoms with Crippen molar-refractivity contribution >= 4 is 5.78 Å². The molecular formula is C12H20O2. The van der Waals surface area contributed by atoms with Gasteiger partial charge < -0.3 is 4.74 Å². The van der Waals surface area contributed by atoms with Crippen LogP contribution in [0.1, 0.15) is 44.9 Å². The van der Waals surface area contributed by atoms with E-state index in [9.17, 15) is 4.79 Å². The fourth-order valence-electron chi connectivity index (χ4n) is 2.77. The van der Waals surface area contributed by atoms with E-state index in [2.05, 4.69) is 0 Å². The quantitative estimate of drug-likeness (QED) is 0.602. The zero-order valence-electron chi connectivity index (χ0n) is 8.84. The lowest BCUT2D eigenvalue weighted by molar-refractivity contribution is -0.133. The van der Waals surface area contributed by atoms with Gasteiger partial charge in [0, 0.05) is 12.3 Å². The summed E-state index contributed by atoms with van der Waals surface area (Å²) in [5, 5.41) is 0. The molecule has 14 heavy (non-hydrogen) atoms. The summed E-state index contributed by atoms with van der Waals surface area (Å²) >= 11 is 0. The summed E-state index contributed by atoms with van der Waals surface area (Å²) in [6, 6.07) is 0. The number of ketones is 1. The Morgan fingerprint density at radius 2 is 1.79 bits per heavy atom. The maximum atomic E-state index is 11.7. The highest BCUT2D eigenvalue weighted by Gasteiger charge is 2.30. The van der Waals surface area contributed by atoms with E-state index in [0.29, 0.717) is 31.3 Å². The molecule has 1 saturated carbocycles. The molecule has 0 bridgehead atoms. The molecule has 1 atom stereocenters. The second kappa shape index (κ2) is 4.92. The minimum atomic E-state index is 0.238. The van der Waals surface area contributed by atoms with E-state index in [0.717, 1.165) is 0 Å². The topological polar surface area (TPSA) is 26.3 Å². The van der Waals surface area contributed by atoms with E-state index < -0.39 is 0 Å². The Labute approximate surface area is 86.0 Å². The molecule has 0 aromatic heterocycles. The van der Waals surface area contributed by atoms with Crippen LogP contribution in [0.5, 0.6) is 0 Å². The van der Waals surface area contributed by atoms with Gasteiger partial charge in [0.25, 0.3) is 0 Å². The van der Waals surface area contributed by atoms with Gasteiger partial charge in [0.1, 0.15) is 5.78 Å². The molecule has 1 saturated heterocycles. The highest BCUT2D eigenvalue weighted by Crippen LogP contribution is 2.31. The Balaban J connectivity index is 1.93. The van der Waals surface area contributed by atoms with Crippen molar-refractivity contribution in [1.29, 1.82) is 0 Å². The van der Waals surface area contributed by atoms with Gasteiger partial charge in [-0.3, -0.25) is 4.79 Å². The maximum Gasteiger partial charge on any atom is 0.140 e. The van der Waals surface area contributed by atoms with Crippen molar-refractivity contribution in [2.24, 2.45) is 11.8 Å². The Bertz CT molecular complexity index is 192. The van der Waals surface area contributed by atoms with Crippen LogP contribution in [0, 0.1) is 11.8 Å². The summed E-state index contributed by atoms with van der Waals surface area (Å²) < 4.78 is 5.43. The lowest BCUT2D eigenvalue weighted by Crippen LogP contribution is -2.33. The van der Waals surface area contributed by atoms with Gasteiger partial charge in [-0.15, -0.1) is 0 Å². The Kier molecular flexibility index (Phi) is 3.57. The first-order valence-electron chi connectivity index (χ1n) is 5.98. The fourth-order valence-corrected chi connectivity index (χ4v) is 2.77. The SMILES string of the molecule is O=C1CCOCC1C1CCCCCC1. The molecule has 2 rings (SSSR count). The molecular weight excluding hydrogens is 176 g/mol. The number of rotatable bonds is 1. The van der Waals surface area contributed by atoms with Gasteiger partial charge in [-0.1, -0.05) is 25.7 Å². The van der Waals surface area contributed by atoms with Crippen LogP contribution >= 0.6 is 0 Å². The monoisotopic (exact) mass is 196 g/mol. The Morgan fingerprint density at radius 3 is 2.43 bits per heavy atom. The van der Waals surface area contributed by atoms with E-state index >= 15 is 0 Å². The van der Waals surface area contributed by atoms with Gasteiger partial charge >= 0.3 is 0 Å². The first kappa shape index (κ1) is 10.2. The maximum absolute atomic E-state index is 11.7. The average molecular weight is 196 g/mol. The third kappa shape index (κ3) is 2.35. The molecule has 2 fully saturated rings. The summed E-state index contributed by atoms with van der Waals surface area (Å²) in [7, 11) is 0. The first-order valence-corrected chi connectivity index (χ1v) is 5.98. The molecule has 80 valence electrons. The molecule has 0 spiro atoms. The minimum absolute atomic E-state index is 0.238. The number of ether oxygens (including phenoxy) is 1. The van der Waals surface area contributed by atoms with Gasteiger partial charge in [0.05, 0.1) is 13.2 Å². The van der Waals surface area contributed by atoms with Gasteiger partial charge in [-0.05, 0) is 18.8 Å². The highest BCUT2D eigenvalue weighted by molar-refractivity contribution is 5.82. The highest BCUT2D eigenvalue weighted by atomic mass is 16.5. The van der Waals surface area contributed by atoms with Crippen LogP contribution in [-0.2, 0) is 9.53 Å². The lowest BCUT2D eigenvalue weighted by Gasteiger charge is -2.28. The zero-order chi connectivity index (χ0) is 9.80. The van der Waals surface area contributed by atoms with Crippen LogP contribution in [-0.4, -0.2) is 19.0 Å². The fraction of sp³-hybridized carbons (Fsp3) is 0.917. The molecule has 2 heteroatoms. The average Bonchev–Trinajstić information content (AvgIpc) is 2.47. The smallest absolute Gasteiger partial charge is 0.140 e. The van der Waals surface area contributed by atoms with Crippen molar-refractivity contribution < 1.29 is 9.53 Å². The normalized spacial score (nSPS) is 31.4. The second-order valence-electron chi connectivity index (χ2n) is 4.65. The largest absolute Gasteiger partial charge is 0.380 e. The van der Waals surface area contributed by atoms with Crippen LogP contribution < -0.4 is 0 Å². The van der Waals surface area contributed by atoms with Crippen molar-refractivity contribution in [3.05, 3.63) is 0 Å². The molecule has 0 N–H and O–H groups in total. The number of hydrogen-bond donors (Lipinski definition) is 0. The Morgan fingerprint density at radius 1 is 1.07 bits per heavy atom. The minimum Gasteiger partial charge on any atom is -0.380 e. The van der Waals surface area contributed by atoms with Crippen LogP contribution in [0.3, 0.4) is 0 Å². The van der Waals surface area contributed by atoms with E-state index in [1.807, 2.05) is 0 Å². The van der Waals surface area contributed by atoms with Gasteiger partial charge in [0.15, 0.2) is 0 Å². The molecule has 1 unspecified atom stereocenters. The summed E-state index contributed by atoms with van der Waals surface area (Å²) in [6.45, 7) is 1.35. The molecule has 1 aliphatic carbocycles. The van der Waals surface area contributed by atoms with E-state index in [4.69, 9.17) is 4.74 Å². The van der Waals surface area contributed by atoms with Crippen LogP contribution in [0.25, 0.3) is 0 Å². The van der Waals surface area contributed by atoms with Crippen LogP contribution in [0.4, 0.5) is 0 Å². The molecule has 0 radical (unpaired) electrons. The van der Waals surface area contributed by atoms with E-state index in [1.165, 1.54) is 38.5 Å². The second-order valence-corrected chi connectivity index (χ2v) is 4.65. The molecule has 0 amide bonds.